The third-order valence-electron chi connectivity index (χ3n) is 18.6. The topological polar surface area (TPSA) is 213 Å². The highest BCUT2D eigenvalue weighted by Crippen LogP contribution is 2.38. The Labute approximate surface area is 629 Å². The van der Waals surface area contributed by atoms with Crippen molar-refractivity contribution < 1.29 is 59.7 Å². The Morgan fingerprint density at radius 3 is 1.41 bits per heavy atom. The number of furan rings is 1. The third-order valence-corrected chi connectivity index (χ3v) is 19.3. The average molecular weight is 1510 g/mol. The first-order valence-electron chi connectivity index (χ1n) is 37.7. The zero-order valence-corrected chi connectivity index (χ0v) is 68.9. The molecule has 19 nitrogen and oxygen atoms in total. The number of likely N-dealkylation sites (N-methyl/N-ethyl adjacent to an activating group) is 3. The molecule has 8 saturated heterocycles. The van der Waals surface area contributed by atoms with Crippen LogP contribution in [0.4, 0.5) is 26.3 Å². The van der Waals surface area contributed by atoms with Gasteiger partial charge in [0.1, 0.15) is 5.76 Å². The van der Waals surface area contributed by atoms with Crippen molar-refractivity contribution >= 4 is 23.2 Å². The Morgan fingerprint density at radius 2 is 1.23 bits per heavy atom. The number of nitrogens with zero attached hydrogens (tertiary/aromatic N) is 8. The van der Waals surface area contributed by atoms with E-state index in [1.807, 2.05) is 86.5 Å². The van der Waals surface area contributed by atoms with Gasteiger partial charge in [0, 0.05) is 136 Å². The van der Waals surface area contributed by atoms with Gasteiger partial charge in [0.2, 0.25) is 11.8 Å². The molecule has 2 amide bonds. The minimum Gasteiger partial charge on any atom is -0.470 e. The summed E-state index contributed by atoms with van der Waals surface area (Å²) < 4.78 is 91.8. The van der Waals surface area contributed by atoms with Crippen LogP contribution in [0.1, 0.15) is 183 Å². The van der Waals surface area contributed by atoms with E-state index in [0.717, 1.165) is 129 Å². The summed E-state index contributed by atoms with van der Waals surface area (Å²) in [6, 6.07) is 7.07. The number of alkyl halides is 6. The molecule has 13 rings (SSSR count). The number of halogens is 6. The number of β-amino-alcohol motifs (C(OH)–C–C–N with tert-alkyl or cyclic N) is 1. The lowest BCUT2D eigenvalue weighted by Gasteiger charge is -2.53. The smallest absolute Gasteiger partial charge is 0.272 e. The van der Waals surface area contributed by atoms with Gasteiger partial charge >= 0.3 is 0 Å². The first-order chi connectivity index (χ1) is 48.3. The van der Waals surface area contributed by atoms with Crippen LogP contribution in [-0.4, -0.2) is 268 Å². The molecule has 104 heavy (non-hydrogen) atoms. The fourth-order valence-corrected chi connectivity index (χ4v) is 12.2. The second-order valence-corrected chi connectivity index (χ2v) is 33.5. The fourth-order valence-electron chi connectivity index (χ4n) is 11.8. The van der Waals surface area contributed by atoms with Crippen molar-refractivity contribution in [2.24, 2.45) is 32.8 Å². The van der Waals surface area contributed by atoms with E-state index in [2.05, 4.69) is 108 Å². The number of carbonyl (C=O) groups excluding carboxylic acids is 2. The minimum absolute atomic E-state index is 0.0174. The number of hydrogen-bond donors (Lipinski definition) is 5. The molecule has 0 bridgehead atoms. The van der Waals surface area contributed by atoms with Crippen LogP contribution in [0.25, 0.3) is 0 Å². The number of nitrogens with one attached hydrogen (secondary N) is 3. The largest absolute Gasteiger partial charge is 0.470 e. The van der Waals surface area contributed by atoms with E-state index >= 15 is 0 Å². The maximum absolute atomic E-state index is 12.2. The maximum Gasteiger partial charge on any atom is 0.272 e. The van der Waals surface area contributed by atoms with Gasteiger partial charge in [-0.3, -0.25) is 19.5 Å². The summed E-state index contributed by atoms with van der Waals surface area (Å²) in [4.78, 5) is 38.5. The molecule has 2 aromatic heterocycles. The number of primary amides is 1. The molecular weight excluding hydrogens is 1360 g/mol. The lowest BCUT2D eigenvalue weighted by Crippen LogP contribution is -2.64. The maximum atomic E-state index is 12.2. The van der Waals surface area contributed by atoms with E-state index in [1.165, 1.54) is 62.9 Å². The number of ether oxygens (including phenoxy) is 3. The summed E-state index contributed by atoms with van der Waals surface area (Å²) in [5.74, 6) is -3.47. The molecule has 0 aromatic carbocycles. The second-order valence-electron chi connectivity index (χ2n) is 32.4. The Kier molecular flexibility index (Phi) is 48.7. The van der Waals surface area contributed by atoms with Gasteiger partial charge in [-0.25, -0.2) is 26.3 Å². The van der Waals surface area contributed by atoms with Crippen LogP contribution in [0.3, 0.4) is 0 Å². The Morgan fingerprint density at radius 1 is 0.712 bits per heavy atom. The molecule has 8 aliphatic heterocycles. The number of carbonyl (C=O) groups is 2. The van der Waals surface area contributed by atoms with Gasteiger partial charge in [0.15, 0.2) is 0 Å². The van der Waals surface area contributed by atoms with Gasteiger partial charge in [-0.05, 0) is 155 Å². The number of aromatic nitrogens is 1. The summed E-state index contributed by atoms with van der Waals surface area (Å²) >= 11 is 1.67. The van der Waals surface area contributed by atoms with Crippen LogP contribution >= 0.6 is 11.3 Å². The van der Waals surface area contributed by atoms with Crippen molar-refractivity contribution in [2.75, 3.05) is 181 Å². The van der Waals surface area contributed by atoms with E-state index in [9.17, 15) is 35.9 Å². The fraction of sp³-hybridized carbons (Fsp3) is 0.846. The Bertz CT molecular complexity index is 2510. The van der Waals surface area contributed by atoms with Crippen LogP contribution in [0.15, 0.2) is 34.5 Å². The predicted molar refractivity (Wildman–Crippen MR) is 413 cm³/mol. The standard InChI is InChI=1S/C8H14.C7H15NO.C7H11N.C7H14O.C6H12N2O.C6H11NO.2C5H9F2N.2C5H11NO.C5H6O.C4H7F2N.C4H5NS.C4H9N/c1-5-7-8(3,4)6-2;1-4-5-7(2,3)6(8)9;1-7(6-8)4-2-3-5-7;1-3-4-7(2)5-8-6-7;1-8-4-2-6(9)7-3-5-8;1-7-2-6(3-7)4-8-5-6;1-8-4-2-5(6,7)3-4;1-8-3-2-5(6,7)4-8;1-5(7)3-6(2)4-5;1-6-2-4-7-5-3-6;1-5-3-2-4-6-5;1-7-2-4(5,6)3-7;1-4-2-5-3-6-4;1-5-4-2-3-4/h2H,5,7H2,1,3-4H3;4-5H2,1-3H3,(H2,8,9);2-5H2,1H3;3-6H2,1-2H3;2-5H2,1H3,(H,7,9);2-5H2,1H3;4,8H,2-3H2,1H3;2-4H2,1H3;7H,3-4H2,1-2H3;2-5H2,1H3;2-4H,1H3;2-3H2,1H3;2-3H,1H3;4-5H,2-3H2,1H3. The van der Waals surface area contributed by atoms with Crippen molar-refractivity contribution in [3.63, 3.8) is 0 Å². The lowest BCUT2D eigenvalue weighted by molar-refractivity contribution is -0.182. The summed E-state index contributed by atoms with van der Waals surface area (Å²) in [5.41, 5.74) is 7.59. The number of rotatable bonds is 9. The van der Waals surface area contributed by atoms with Crippen molar-refractivity contribution in [1.82, 2.24) is 50.3 Å². The number of amides is 2. The highest BCUT2D eigenvalue weighted by molar-refractivity contribution is 7.09. The van der Waals surface area contributed by atoms with E-state index in [1.54, 1.807) is 48.5 Å². The zero-order valence-electron chi connectivity index (χ0n) is 68.1. The van der Waals surface area contributed by atoms with Gasteiger partial charge in [-0.2, -0.15) is 5.26 Å². The third kappa shape index (κ3) is 49.9. The summed E-state index contributed by atoms with van der Waals surface area (Å²) in [6.45, 7) is 39.7. The van der Waals surface area contributed by atoms with E-state index < -0.39 is 17.8 Å². The number of aryl methyl sites for hydroxylation is 2. The molecule has 11 fully saturated rings. The molecule has 11 aliphatic rings. The van der Waals surface area contributed by atoms with E-state index in [0.29, 0.717) is 23.8 Å². The molecule has 26 heteroatoms. The van der Waals surface area contributed by atoms with Crippen molar-refractivity contribution in [3.8, 4) is 18.4 Å². The van der Waals surface area contributed by atoms with Crippen LogP contribution in [0, 0.1) is 64.6 Å². The number of likely N-dealkylation sites (tertiary alicyclic amines) is 4. The molecule has 0 atom stereocenters. The number of nitrogens with two attached hydrogens (primary N) is 1. The number of morpholine rings is 1. The first-order valence-corrected chi connectivity index (χ1v) is 38.6. The van der Waals surface area contributed by atoms with Crippen LogP contribution in [0.5, 0.6) is 0 Å². The van der Waals surface area contributed by atoms with Gasteiger partial charge in [0.05, 0.1) is 88.1 Å². The normalized spacial score (nSPS) is 22.4. The molecule has 1 spiro atoms. The summed E-state index contributed by atoms with van der Waals surface area (Å²) in [5, 5.41) is 26.3. The predicted octanol–water partition coefficient (Wildman–Crippen LogP) is 12.6. The first kappa shape index (κ1) is 100. The number of thiazole rings is 1. The van der Waals surface area contributed by atoms with E-state index in [4.69, 9.17) is 41.2 Å². The minimum atomic E-state index is -2.41. The zero-order chi connectivity index (χ0) is 79.5. The molecular formula is C78H144F6N12O7S. The molecule has 2 aromatic rings. The Hall–Kier alpha value is -4.00. The van der Waals surface area contributed by atoms with Crippen molar-refractivity contribution in [3.05, 3.63) is 40.7 Å². The molecule has 3 aliphatic carbocycles. The second kappa shape index (κ2) is 50.7. The Balaban J connectivity index is 0.00000110. The van der Waals surface area contributed by atoms with Crippen molar-refractivity contribution in [1.29, 1.82) is 5.26 Å². The summed E-state index contributed by atoms with van der Waals surface area (Å²) in [7, 11) is 15.4. The van der Waals surface area contributed by atoms with Gasteiger partial charge in [0.25, 0.3) is 17.8 Å². The molecule has 3 saturated carbocycles. The molecule has 10 heterocycles. The van der Waals surface area contributed by atoms with Crippen LogP contribution in [0.2, 0.25) is 0 Å². The number of aliphatic hydroxyl groups is 1. The lowest BCUT2D eigenvalue weighted by atomic mass is 9.79. The number of nitriles is 1. The highest BCUT2D eigenvalue weighted by Gasteiger charge is 2.47. The highest BCUT2D eigenvalue weighted by atomic mass is 32.1. The SMILES string of the molecule is C#CC(C)(C)CCC.CC1(C#N)CCCC1.CCCC(C)(C)C(N)=O.CCCC1(C)COC1.CN1CC(C)(O)C1.CN1CC(F)(F)C1.CN1CC2(COC2)C1.CN1CCC(F)(F)C1.CN1CCNC(=O)CC1.CN1CCOCC1.CNC1CC(F)(F)C1.CNC1CC1.Cc1ccco1.Cc1cncs1. The molecule has 606 valence electrons. The molecule has 6 N–H and O–H groups in total. The van der Waals surface area contributed by atoms with Crippen molar-refractivity contribution in [2.45, 2.75) is 221 Å². The van der Waals surface area contributed by atoms with Gasteiger partial charge in [-0.1, -0.05) is 73.6 Å². The van der Waals surface area contributed by atoms with Crippen LogP contribution in [-0.2, 0) is 23.8 Å². The monoisotopic (exact) mass is 1510 g/mol. The average Bonchev–Trinajstić information content (AvgIpc) is 1.02. The number of terminal acetylenes is 1. The summed E-state index contributed by atoms with van der Waals surface area (Å²) in [6.07, 6.45) is 23.8. The number of hydrogen-bond acceptors (Lipinski definition) is 18. The van der Waals surface area contributed by atoms with Gasteiger partial charge in [-0.15, -0.1) is 23.7 Å². The van der Waals surface area contributed by atoms with Gasteiger partial charge < -0.3 is 69.9 Å². The molecule has 0 radical (unpaired) electrons. The van der Waals surface area contributed by atoms with Crippen LogP contribution < -0.4 is 21.7 Å². The quantitative estimate of drug-likeness (QED) is 0.117. The molecule has 0 unspecified atom stereocenters. The van der Waals surface area contributed by atoms with E-state index in [-0.39, 0.29) is 78.6 Å².